The van der Waals surface area contributed by atoms with Crippen LogP contribution in [0, 0.1) is 0 Å². The van der Waals surface area contributed by atoms with Crippen LogP contribution in [0.1, 0.15) is 39.7 Å². The van der Waals surface area contributed by atoms with Crippen molar-refractivity contribution in [3.63, 3.8) is 0 Å². The number of thiophene rings is 1. The molecule has 0 unspecified atom stereocenters. The average molecular weight is 320 g/mol. The quantitative estimate of drug-likeness (QED) is 0.937. The Morgan fingerprint density at radius 3 is 2.73 bits per heavy atom. The van der Waals surface area contributed by atoms with Crippen LogP contribution in [0.4, 0.5) is 0 Å². The van der Waals surface area contributed by atoms with E-state index >= 15 is 0 Å². The normalized spacial score (nSPS) is 15.0. The fourth-order valence-electron chi connectivity index (χ4n) is 2.35. The maximum Gasteiger partial charge on any atom is 0.346 e. The van der Waals surface area contributed by atoms with Gasteiger partial charge in [0.1, 0.15) is 6.54 Å². The van der Waals surface area contributed by atoms with Gasteiger partial charge < -0.3 is 5.32 Å². The molecular formula is C15H20N4O2S. The Morgan fingerprint density at radius 1 is 1.45 bits per heavy atom. The van der Waals surface area contributed by atoms with Crippen LogP contribution in [0.25, 0.3) is 10.7 Å². The molecule has 2 aromatic heterocycles. The Labute approximate surface area is 132 Å². The van der Waals surface area contributed by atoms with Crippen LogP contribution in [0.3, 0.4) is 0 Å². The lowest BCUT2D eigenvalue weighted by atomic mass is 10.1. The minimum Gasteiger partial charge on any atom is -0.350 e. The molecule has 0 atom stereocenters. The van der Waals surface area contributed by atoms with Crippen molar-refractivity contribution in [3.8, 4) is 10.7 Å². The van der Waals surface area contributed by atoms with Gasteiger partial charge in [-0.2, -0.15) is 0 Å². The number of nitrogens with one attached hydrogen (secondary N) is 1. The average Bonchev–Trinajstić information content (AvgIpc) is 2.97. The largest absolute Gasteiger partial charge is 0.350 e. The second-order valence-electron chi connectivity index (χ2n) is 6.64. The summed E-state index contributed by atoms with van der Waals surface area (Å²) in [5.41, 5.74) is -0.522. The lowest BCUT2D eigenvalue weighted by Crippen LogP contribution is -2.43. The maximum atomic E-state index is 12.6. The van der Waals surface area contributed by atoms with Crippen molar-refractivity contribution < 1.29 is 4.79 Å². The zero-order chi connectivity index (χ0) is 15.9. The summed E-state index contributed by atoms with van der Waals surface area (Å²) in [6, 6.07) is 4.11. The van der Waals surface area contributed by atoms with Gasteiger partial charge in [0.25, 0.3) is 0 Å². The molecule has 1 aliphatic carbocycles. The van der Waals surface area contributed by atoms with Gasteiger partial charge in [0.2, 0.25) is 5.91 Å². The van der Waals surface area contributed by atoms with Gasteiger partial charge in [-0.1, -0.05) is 6.07 Å². The summed E-state index contributed by atoms with van der Waals surface area (Å²) in [6.07, 6.45) is 2.00. The highest BCUT2D eigenvalue weighted by Gasteiger charge is 2.31. The fraction of sp³-hybridized carbons (Fsp3) is 0.533. The highest BCUT2D eigenvalue weighted by Crippen LogP contribution is 2.37. The number of nitrogens with zero attached hydrogens (tertiary/aromatic N) is 3. The van der Waals surface area contributed by atoms with Crippen LogP contribution in [0.15, 0.2) is 22.3 Å². The van der Waals surface area contributed by atoms with Crippen LogP contribution in [0.2, 0.25) is 0 Å². The van der Waals surface area contributed by atoms with E-state index in [0.717, 1.165) is 17.7 Å². The van der Waals surface area contributed by atoms with Gasteiger partial charge in [0.05, 0.1) is 4.88 Å². The zero-order valence-electron chi connectivity index (χ0n) is 13.0. The first kappa shape index (κ1) is 15.0. The third-order valence-corrected chi connectivity index (χ3v) is 4.20. The molecule has 1 fully saturated rings. The Hall–Kier alpha value is -1.89. The summed E-state index contributed by atoms with van der Waals surface area (Å²) < 4.78 is 3.00. The highest BCUT2D eigenvalue weighted by molar-refractivity contribution is 7.13. The van der Waals surface area contributed by atoms with E-state index in [0.29, 0.717) is 5.82 Å². The smallest absolute Gasteiger partial charge is 0.346 e. The molecule has 3 rings (SSSR count). The first-order valence-electron chi connectivity index (χ1n) is 7.39. The second kappa shape index (κ2) is 5.39. The van der Waals surface area contributed by atoms with Crippen LogP contribution in [0.5, 0.6) is 0 Å². The third-order valence-electron chi connectivity index (χ3n) is 3.33. The number of rotatable bonds is 4. The molecule has 1 amide bonds. The Kier molecular flexibility index (Phi) is 3.68. The van der Waals surface area contributed by atoms with E-state index in [1.54, 1.807) is 15.9 Å². The summed E-state index contributed by atoms with van der Waals surface area (Å²) in [4.78, 5) is 25.6. The van der Waals surface area contributed by atoms with Crippen molar-refractivity contribution in [1.82, 2.24) is 19.7 Å². The molecule has 22 heavy (non-hydrogen) atoms. The van der Waals surface area contributed by atoms with E-state index in [1.165, 1.54) is 4.68 Å². The highest BCUT2D eigenvalue weighted by atomic mass is 32.1. The minimum atomic E-state index is -0.323. The molecule has 1 saturated carbocycles. The minimum absolute atomic E-state index is 0.0474. The molecular weight excluding hydrogens is 300 g/mol. The van der Waals surface area contributed by atoms with Gasteiger partial charge in [-0.25, -0.2) is 9.48 Å². The molecule has 0 saturated heterocycles. The van der Waals surface area contributed by atoms with Crippen molar-refractivity contribution in [2.45, 2.75) is 51.7 Å². The Morgan fingerprint density at radius 2 is 2.18 bits per heavy atom. The maximum absolute atomic E-state index is 12.6. The van der Waals surface area contributed by atoms with Gasteiger partial charge >= 0.3 is 5.69 Å². The van der Waals surface area contributed by atoms with E-state index < -0.39 is 0 Å². The lowest BCUT2D eigenvalue weighted by molar-refractivity contribution is -0.123. The van der Waals surface area contributed by atoms with Crippen LogP contribution >= 0.6 is 11.3 Å². The summed E-state index contributed by atoms with van der Waals surface area (Å²) in [6.45, 7) is 5.68. The number of carbonyl (C=O) groups is 1. The van der Waals surface area contributed by atoms with Crippen molar-refractivity contribution in [3.05, 3.63) is 28.0 Å². The van der Waals surface area contributed by atoms with Gasteiger partial charge in [-0.05, 0) is 45.1 Å². The molecule has 6 nitrogen and oxygen atoms in total. The molecule has 0 aliphatic heterocycles. The molecule has 0 spiro atoms. The molecule has 1 N–H and O–H groups in total. The second-order valence-corrected chi connectivity index (χ2v) is 7.59. The molecule has 0 aromatic carbocycles. The van der Waals surface area contributed by atoms with E-state index in [-0.39, 0.29) is 29.7 Å². The van der Waals surface area contributed by atoms with Gasteiger partial charge in [-0.15, -0.1) is 16.4 Å². The first-order valence-corrected chi connectivity index (χ1v) is 8.27. The van der Waals surface area contributed by atoms with Gasteiger partial charge in [0, 0.05) is 11.6 Å². The first-order chi connectivity index (χ1) is 10.3. The number of hydrogen-bond acceptors (Lipinski definition) is 4. The molecule has 2 heterocycles. The number of hydrogen-bond donors (Lipinski definition) is 1. The Bertz CT molecular complexity index is 733. The number of carbonyl (C=O) groups excluding carboxylic acids is 1. The van der Waals surface area contributed by atoms with E-state index in [9.17, 15) is 9.59 Å². The van der Waals surface area contributed by atoms with E-state index in [4.69, 9.17) is 0 Å². The third kappa shape index (κ3) is 3.14. The Balaban J connectivity index is 1.91. The summed E-state index contributed by atoms with van der Waals surface area (Å²) in [5, 5.41) is 9.22. The lowest BCUT2D eigenvalue weighted by Gasteiger charge is -2.20. The standard InChI is InChI=1S/C15H20N4O2S/c1-15(2,3)16-12(20)9-18-14(21)19(10-6-7-10)13(17-18)11-5-4-8-22-11/h4-5,8,10H,6-7,9H2,1-3H3,(H,16,20). The molecule has 2 aromatic rings. The van der Waals surface area contributed by atoms with E-state index in [2.05, 4.69) is 10.4 Å². The van der Waals surface area contributed by atoms with Crippen LogP contribution in [-0.2, 0) is 11.3 Å². The van der Waals surface area contributed by atoms with Gasteiger partial charge in [0.15, 0.2) is 5.82 Å². The SMILES string of the molecule is CC(C)(C)NC(=O)Cn1nc(-c2cccs2)n(C2CC2)c1=O. The van der Waals surface area contributed by atoms with Gasteiger partial charge in [-0.3, -0.25) is 9.36 Å². The van der Waals surface area contributed by atoms with Crippen molar-refractivity contribution >= 4 is 17.2 Å². The van der Waals surface area contributed by atoms with Crippen LogP contribution in [-0.4, -0.2) is 25.8 Å². The molecule has 0 bridgehead atoms. The molecule has 7 heteroatoms. The molecule has 1 aliphatic rings. The predicted octanol–water partition coefficient (Wildman–Crippen LogP) is 2.02. The van der Waals surface area contributed by atoms with Crippen molar-refractivity contribution in [2.24, 2.45) is 0 Å². The number of amides is 1. The summed E-state index contributed by atoms with van der Waals surface area (Å²) in [7, 11) is 0. The van der Waals surface area contributed by atoms with Crippen molar-refractivity contribution in [1.29, 1.82) is 0 Å². The predicted molar refractivity (Wildman–Crippen MR) is 86.0 cm³/mol. The van der Waals surface area contributed by atoms with E-state index in [1.807, 2.05) is 38.3 Å². The fourth-order valence-corrected chi connectivity index (χ4v) is 3.06. The molecule has 0 radical (unpaired) electrons. The monoisotopic (exact) mass is 320 g/mol. The topological polar surface area (TPSA) is 68.9 Å². The number of aromatic nitrogens is 3. The summed E-state index contributed by atoms with van der Waals surface area (Å²) in [5.74, 6) is 0.471. The summed E-state index contributed by atoms with van der Waals surface area (Å²) >= 11 is 1.55. The van der Waals surface area contributed by atoms with Crippen LogP contribution < -0.4 is 11.0 Å². The zero-order valence-corrected chi connectivity index (χ0v) is 13.8. The molecule has 118 valence electrons. The van der Waals surface area contributed by atoms with Crippen molar-refractivity contribution in [2.75, 3.05) is 0 Å².